The molecular weight excluding hydrogens is 267 g/mol. The minimum atomic E-state index is -5.49. The molecule has 1 aromatic carbocycles. The van der Waals surface area contributed by atoms with Crippen LogP contribution in [0.15, 0.2) is 30.3 Å². The second-order valence-electron chi connectivity index (χ2n) is 4.23. The standard InChI is InChI=1S/C12H15F5Si/c1-3-18(4-2,10-8-6-5-7-9-10)12(16,17)11(13,14)15/h5-9H,3-4H2,1-2H3. The van der Waals surface area contributed by atoms with Crippen molar-refractivity contribution in [2.45, 2.75) is 37.7 Å². The summed E-state index contributed by atoms with van der Waals surface area (Å²) >= 11 is 0. The van der Waals surface area contributed by atoms with Crippen molar-refractivity contribution in [2.75, 3.05) is 0 Å². The van der Waals surface area contributed by atoms with Gasteiger partial charge in [-0.2, -0.15) is 13.2 Å². The van der Waals surface area contributed by atoms with E-state index >= 15 is 0 Å². The summed E-state index contributed by atoms with van der Waals surface area (Å²) < 4.78 is 65.8. The molecule has 0 bridgehead atoms. The Bertz CT molecular complexity index is 381. The van der Waals surface area contributed by atoms with Crippen LogP contribution in [-0.2, 0) is 0 Å². The van der Waals surface area contributed by atoms with E-state index in [0.29, 0.717) is 0 Å². The largest absolute Gasteiger partial charge is 0.449 e. The maximum atomic E-state index is 13.9. The lowest BCUT2D eigenvalue weighted by Gasteiger charge is -2.38. The molecule has 0 nitrogen and oxygen atoms in total. The average molecular weight is 282 g/mol. The molecule has 0 fully saturated rings. The summed E-state index contributed by atoms with van der Waals surface area (Å²) in [7, 11) is -3.94. The molecule has 0 radical (unpaired) electrons. The fraction of sp³-hybridized carbons (Fsp3) is 0.500. The summed E-state index contributed by atoms with van der Waals surface area (Å²) in [4.78, 5) is 0. The van der Waals surface area contributed by atoms with Gasteiger partial charge in [0.05, 0.1) is 0 Å². The highest BCUT2D eigenvalue weighted by molar-refractivity contribution is 6.93. The molecule has 0 aliphatic rings. The maximum absolute atomic E-state index is 13.9. The van der Waals surface area contributed by atoms with Crippen molar-refractivity contribution in [1.29, 1.82) is 0 Å². The molecule has 1 rings (SSSR count). The van der Waals surface area contributed by atoms with Gasteiger partial charge in [-0.15, -0.1) is 0 Å². The van der Waals surface area contributed by atoms with Gasteiger partial charge in [-0.1, -0.05) is 61.5 Å². The first kappa shape index (κ1) is 15.1. The molecule has 0 heterocycles. The number of rotatable bonds is 4. The minimum absolute atomic E-state index is 0.139. The molecular formula is C12H15F5Si. The van der Waals surface area contributed by atoms with Gasteiger partial charge in [0.15, 0.2) is 8.07 Å². The van der Waals surface area contributed by atoms with Crippen LogP contribution < -0.4 is 5.19 Å². The lowest BCUT2D eigenvalue weighted by atomic mass is 10.4. The summed E-state index contributed by atoms with van der Waals surface area (Å²) in [6, 6.07) is 7.13. The Morgan fingerprint density at radius 1 is 0.889 bits per heavy atom. The zero-order valence-electron chi connectivity index (χ0n) is 10.2. The summed E-state index contributed by atoms with van der Waals surface area (Å²) in [6.45, 7) is 2.84. The lowest BCUT2D eigenvalue weighted by Crippen LogP contribution is -2.67. The van der Waals surface area contributed by atoms with Gasteiger partial charge in [-0.25, -0.2) is 8.78 Å². The molecule has 0 aliphatic carbocycles. The molecule has 102 valence electrons. The smallest absolute Gasteiger partial charge is 0.201 e. The Labute approximate surface area is 104 Å². The molecule has 0 amide bonds. The Kier molecular flexibility index (Phi) is 4.20. The molecule has 1 aromatic rings. The van der Waals surface area contributed by atoms with Crippen molar-refractivity contribution in [3.8, 4) is 0 Å². The van der Waals surface area contributed by atoms with Crippen LogP contribution in [0.4, 0.5) is 22.0 Å². The third-order valence-electron chi connectivity index (χ3n) is 3.49. The van der Waals surface area contributed by atoms with Crippen LogP contribution in [0.25, 0.3) is 0 Å². The number of hydrogen-bond donors (Lipinski definition) is 0. The maximum Gasteiger partial charge on any atom is 0.449 e. The van der Waals surface area contributed by atoms with Gasteiger partial charge < -0.3 is 0 Å². The van der Waals surface area contributed by atoms with E-state index in [-0.39, 0.29) is 17.3 Å². The molecule has 0 aromatic heterocycles. The second kappa shape index (κ2) is 4.99. The molecule has 6 heteroatoms. The highest BCUT2D eigenvalue weighted by atomic mass is 28.3. The van der Waals surface area contributed by atoms with Crippen molar-refractivity contribution in [2.24, 2.45) is 0 Å². The summed E-state index contributed by atoms with van der Waals surface area (Å²) in [5, 5.41) is 0.164. The quantitative estimate of drug-likeness (QED) is 0.575. The van der Waals surface area contributed by atoms with Crippen LogP contribution >= 0.6 is 0 Å². The van der Waals surface area contributed by atoms with Crippen molar-refractivity contribution in [3.63, 3.8) is 0 Å². The van der Waals surface area contributed by atoms with Crippen LogP contribution in [0.3, 0.4) is 0 Å². The summed E-state index contributed by atoms with van der Waals surface area (Å²) in [6.07, 6.45) is -5.49. The van der Waals surface area contributed by atoms with E-state index in [1.165, 1.54) is 38.1 Å². The highest BCUT2D eigenvalue weighted by Crippen LogP contribution is 2.45. The molecule has 0 aliphatic heterocycles. The number of halogens is 5. The van der Waals surface area contributed by atoms with E-state index in [1.54, 1.807) is 6.07 Å². The van der Waals surface area contributed by atoms with Gasteiger partial charge in [-0.3, -0.25) is 0 Å². The molecule has 0 saturated carbocycles. The van der Waals surface area contributed by atoms with Crippen molar-refractivity contribution >= 4 is 13.3 Å². The van der Waals surface area contributed by atoms with Crippen LogP contribution in [0.5, 0.6) is 0 Å². The first-order valence-corrected chi connectivity index (χ1v) is 8.14. The third kappa shape index (κ3) is 2.18. The lowest BCUT2D eigenvalue weighted by molar-refractivity contribution is -0.247. The number of benzene rings is 1. The van der Waals surface area contributed by atoms with Crippen molar-refractivity contribution in [3.05, 3.63) is 30.3 Å². The fourth-order valence-electron chi connectivity index (χ4n) is 2.31. The van der Waals surface area contributed by atoms with E-state index < -0.39 is 19.8 Å². The molecule has 0 N–H and O–H groups in total. The minimum Gasteiger partial charge on any atom is -0.201 e. The highest BCUT2D eigenvalue weighted by Gasteiger charge is 2.69. The van der Waals surface area contributed by atoms with Gasteiger partial charge in [0.1, 0.15) is 0 Å². The van der Waals surface area contributed by atoms with Crippen LogP contribution in [-0.4, -0.2) is 19.8 Å². The van der Waals surface area contributed by atoms with Crippen molar-refractivity contribution in [1.82, 2.24) is 0 Å². The van der Waals surface area contributed by atoms with E-state index in [2.05, 4.69) is 0 Å². The topological polar surface area (TPSA) is 0 Å². The molecule has 18 heavy (non-hydrogen) atoms. The predicted octanol–water partition coefficient (Wildman–Crippen LogP) is 4.12. The van der Waals surface area contributed by atoms with Gasteiger partial charge in [0.2, 0.25) is 0 Å². The summed E-state index contributed by atoms with van der Waals surface area (Å²) in [5.74, 6) is 0. The van der Waals surface area contributed by atoms with Crippen LogP contribution in [0.2, 0.25) is 12.1 Å². The molecule has 0 atom stereocenters. The first-order chi connectivity index (χ1) is 8.23. The Hall–Kier alpha value is -0.913. The Balaban J connectivity index is 3.42. The summed E-state index contributed by atoms with van der Waals surface area (Å²) in [5.41, 5.74) is -4.61. The predicted molar refractivity (Wildman–Crippen MR) is 63.8 cm³/mol. The Morgan fingerprint density at radius 3 is 1.67 bits per heavy atom. The fourth-order valence-corrected chi connectivity index (χ4v) is 6.25. The number of hydrogen-bond acceptors (Lipinski definition) is 0. The second-order valence-corrected chi connectivity index (χ2v) is 9.01. The molecule has 0 unspecified atom stereocenters. The SMILES string of the molecule is CC[Si](CC)(c1ccccc1)C(F)(F)C(F)(F)F. The molecule has 0 spiro atoms. The van der Waals surface area contributed by atoms with Gasteiger partial charge in [-0.05, 0) is 0 Å². The van der Waals surface area contributed by atoms with E-state index in [9.17, 15) is 22.0 Å². The van der Waals surface area contributed by atoms with Crippen LogP contribution in [0, 0.1) is 0 Å². The zero-order chi connectivity index (χ0) is 14.0. The first-order valence-electron chi connectivity index (χ1n) is 5.73. The Morgan fingerprint density at radius 2 is 1.33 bits per heavy atom. The van der Waals surface area contributed by atoms with E-state index in [4.69, 9.17) is 0 Å². The normalized spacial score (nSPS) is 13.7. The zero-order valence-corrected chi connectivity index (χ0v) is 11.2. The van der Waals surface area contributed by atoms with Crippen molar-refractivity contribution < 1.29 is 22.0 Å². The van der Waals surface area contributed by atoms with E-state index in [1.807, 2.05) is 0 Å². The van der Waals surface area contributed by atoms with Gasteiger partial charge in [0, 0.05) is 0 Å². The van der Waals surface area contributed by atoms with Gasteiger partial charge in [0.25, 0.3) is 0 Å². The third-order valence-corrected chi connectivity index (χ3v) is 8.83. The van der Waals surface area contributed by atoms with Crippen LogP contribution in [0.1, 0.15) is 13.8 Å². The molecule has 0 saturated heterocycles. The van der Waals surface area contributed by atoms with E-state index in [0.717, 1.165) is 0 Å². The monoisotopic (exact) mass is 282 g/mol. The average Bonchev–Trinajstić information content (AvgIpc) is 2.31. The number of alkyl halides is 5. The van der Waals surface area contributed by atoms with Gasteiger partial charge >= 0.3 is 11.7 Å².